The third-order valence-corrected chi connectivity index (χ3v) is 11.7. The summed E-state index contributed by atoms with van der Waals surface area (Å²) in [4.78, 5) is 33.9. The second-order valence-electron chi connectivity index (χ2n) is 13.6. The van der Waals surface area contributed by atoms with Crippen molar-refractivity contribution in [3.63, 3.8) is 0 Å². The molecule has 0 radical (unpaired) electrons. The van der Waals surface area contributed by atoms with Crippen molar-refractivity contribution in [2.75, 3.05) is 13.7 Å². The lowest BCUT2D eigenvalue weighted by atomic mass is 9.46. The number of allylic oxidation sites excluding steroid dienone is 2. The molecule has 1 aromatic heterocycles. The van der Waals surface area contributed by atoms with Crippen LogP contribution in [0.3, 0.4) is 0 Å². The summed E-state index contributed by atoms with van der Waals surface area (Å²) >= 11 is 0. The molecule has 1 amide bonds. The molecule has 7 atom stereocenters. The first-order valence-corrected chi connectivity index (χ1v) is 15.6. The molecule has 0 bridgehead atoms. The molecular formula is C35H43N3O5. The number of nitrogens with one attached hydrogen (secondary N) is 2. The molecular weight excluding hydrogens is 542 g/mol. The lowest BCUT2D eigenvalue weighted by Gasteiger charge is -2.58. The maximum Gasteiger partial charge on any atom is 0.328 e. The second-order valence-corrected chi connectivity index (χ2v) is 13.6. The molecule has 2 aromatic rings. The van der Waals surface area contributed by atoms with Gasteiger partial charge in [0, 0.05) is 28.9 Å². The summed E-state index contributed by atoms with van der Waals surface area (Å²) < 4.78 is 4.95. The van der Waals surface area contributed by atoms with Gasteiger partial charge in [0.25, 0.3) is 5.91 Å². The zero-order chi connectivity index (χ0) is 30.4. The fourth-order valence-corrected chi connectivity index (χ4v) is 9.16. The highest BCUT2D eigenvalue weighted by Crippen LogP contribution is 2.67. The summed E-state index contributed by atoms with van der Waals surface area (Å²) in [5.41, 5.74) is 3.08. The van der Waals surface area contributed by atoms with Crippen LogP contribution in [-0.4, -0.2) is 53.0 Å². The average molecular weight is 586 g/mol. The van der Waals surface area contributed by atoms with E-state index in [1.54, 1.807) is 0 Å². The second kappa shape index (κ2) is 11.2. The molecule has 1 heterocycles. The number of aromatic nitrogens is 1. The Balaban J connectivity index is 1.08. The Morgan fingerprint density at radius 1 is 1.16 bits per heavy atom. The van der Waals surface area contributed by atoms with E-state index in [9.17, 15) is 14.7 Å². The van der Waals surface area contributed by atoms with Crippen LogP contribution >= 0.6 is 0 Å². The van der Waals surface area contributed by atoms with Crippen molar-refractivity contribution in [2.45, 2.75) is 83.3 Å². The Bertz CT molecular complexity index is 1520. The van der Waals surface area contributed by atoms with Crippen molar-refractivity contribution in [3.05, 3.63) is 47.7 Å². The number of fused-ring (bicyclic) bond motifs is 6. The van der Waals surface area contributed by atoms with Crippen molar-refractivity contribution < 1.29 is 24.3 Å². The van der Waals surface area contributed by atoms with E-state index >= 15 is 0 Å². The number of ether oxygens (including phenoxy) is 1. The van der Waals surface area contributed by atoms with Crippen LogP contribution in [0, 0.1) is 40.9 Å². The van der Waals surface area contributed by atoms with Gasteiger partial charge in [-0.3, -0.25) is 4.79 Å². The first-order valence-electron chi connectivity index (χ1n) is 15.6. The van der Waals surface area contributed by atoms with Crippen molar-refractivity contribution >= 4 is 28.5 Å². The summed E-state index contributed by atoms with van der Waals surface area (Å²) in [6, 6.07) is 6.98. The van der Waals surface area contributed by atoms with Crippen LogP contribution in [0.1, 0.15) is 70.8 Å². The number of aliphatic hydroxyl groups is 1. The number of nitrogens with zero attached hydrogens (tertiary/aromatic N) is 1. The van der Waals surface area contributed by atoms with Gasteiger partial charge in [0.1, 0.15) is 11.6 Å². The van der Waals surface area contributed by atoms with E-state index in [4.69, 9.17) is 16.0 Å². The van der Waals surface area contributed by atoms with E-state index in [1.807, 2.05) is 30.5 Å². The van der Waals surface area contributed by atoms with Crippen molar-refractivity contribution in [1.29, 1.82) is 0 Å². The summed E-state index contributed by atoms with van der Waals surface area (Å²) in [6.45, 7) is 4.35. The Hall–Kier alpha value is -3.57. The number of oxime groups is 1. The monoisotopic (exact) mass is 585 g/mol. The van der Waals surface area contributed by atoms with E-state index < -0.39 is 23.5 Å². The number of aromatic amines is 1. The number of carbonyl (C=O) groups is 2. The molecule has 8 heteroatoms. The minimum absolute atomic E-state index is 0.105. The topological polar surface area (TPSA) is 113 Å². The van der Waals surface area contributed by atoms with Gasteiger partial charge in [0.05, 0.1) is 12.8 Å². The van der Waals surface area contributed by atoms with Gasteiger partial charge in [0.15, 0.2) is 6.61 Å². The number of benzene rings is 1. The van der Waals surface area contributed by atoms with E-state index in [1.165, 1.54) is 12.7 Å². The molecule has 43 heavy (non-hydrogen) atoms. The van der Waals surface area contributed by atoms with Crippen molar-refractivity contribution in [2.24, 2.45) is 33.7 Å². The summed E-state index contributed by atoms with van der Waals surface area (Å²) in [7, 11) is 1.31. The maximum atomic E-state index is 12.8. The van der Waals surface area contributed by atoms with Crippen LogP contribution in [0.5, 0.6) is 0 Å². The zero-order valence-corrected chi connectivity index (χ0v) is 25.4. The highest BCUT2D eigenvalue weighted by atomic mass is 16.6. The van der Waals surface area contributed by atoms with Crippen molar-refractivity contribution in [3.8, 4) is 12.3 Å². The molecule has 3 N–H and O–H groups in total. The molecule has 1 aromatic carbocycles. The Morgan fingerprint density at radius 2 is 1.95 bits per heavy atom. The summed E-state index contributed by atoms with van der Waals surface area (Å²) in [5, 5.41) is 19.3. The Labute approximate surface area is 253 Å². The minimum atomic E-state index is -0.983. The summed E-state index contributed by atoms with van der Waals surface area (Å²) in [6.07, 6.45) is 17.8. The van der Waals surface area contributed by atoms with Crippen LogP contribution in [0.2, 0.25) is 0 Å². The van der Waals surface area contributed by atoms with Gasteiger partial charge >= 0.3 is 5.97 Å². The quantitative estimate of drug-likeness (QED) is 0.239. The molecule has 6 rings (SSSR count). The van der Waals surface area contributed by atoms with Crippen molar-refractivity contribution in [1.82, 2.24) is 10.3 Å². The molecule has 3 fully saturated rings. The average Bonchev–Trinajstić information content (AvgIpc) is 3.54. The smallest absolute Gasteiger partial charge is 0.328 e. The van der Waals surface area contributed by atoms with Crippen LogP contribution in [-0.2, 0) is 25.6 Å². The molecule has 8 nitrogen and oxygen atoms in total. The number of esters is 1. The number of rotatable bonds is 7. The number of para-hydroxylation sites is 1. The number of carbonyl (C=O) groups excluding carboxylic acids is 2. The van der Waals surface area contributed by atoms with Gasteiger partial charge < -0.3 is 25.0 Å². The van der Waals surface area contributed by atoms with Gasteiger partial charge in [0.2, 0.25) is 0 Å². The fourth-order valence-electron chi connectivity index (χ4n) is 9.16. The Kier molecular flexibility index (Phi) is 7.66. The number of hydrogen-bond acceptors (Lipinski definition) is 6. The predicted molar refractivity (Wildman–Crippen MR) is 165 cm³/mol. The van der Waals surface area contributed by atoms with E-state index in [-0.39, 0.29) is 17.4 Å². The van der Waals surface area contributed by atoms with Crippen LogP contribution in [0.25, 0.3) is 10.9 Å². The minimum Gasteiger partial charge on any atom is -0.467 e. The Morgan fingerprint density at radius 3 is 2.74 bits per heavy atom. The van der Waals surface area contributed by atoms with Gasteiger partial charge in [-0.25, -0.2) is 4.79 Å². The predicted octanol–water partition coefficient (Wildman–Crippen LogP) is 5.07. The SMILES string of the molecule is C#C[C@@]1(O)CC[C@@H]2[C@@H]3CCC4=C/C(=N\OCC(=O)N[C@H](Cc5c[nH]c6ccccc56)C(=O)OC)CC[C@]4(C)[C@@H]3CC[C@@]21C. The standard InChI is InChI=1S/C35H43N3O5/c1-5-35(41)17-14-28-26-11-10-23-19-24(12-15-33(23,2)27(26)13-16-34(28,35)3)38-43-21-31(39)37-30(32(40)42-4)18-22-20-36-29-9-7-6-8-25(22)29/h1,6-9,19-20,26-28,30,36,41H,10-18,21H2,2-4H3,(H,37,39)/b38-24-/t26-,27-,28-,30-,33+,34+,35-/m1/s1. The lowest BCUT2D eigenvalue weighted by molar-refractivity contribution is -0.145. The number of terminal acetylenes is 1. The van der Waals surface area contributed by atoms with Crippen LogP contribution < -0.4 is 5.32 Å². The largest absolute Gasteiger partial charge is 0.467 e. The van der Waals surface area contributed by atoms with Crippen LogP contribution in [0.15, 0.2) is 47.3 Å². The lowest BCUT2D eigenvalue weighted by Crippen LogP contribution is -2.54. The van der Waals surface area contributed by atoms with E-state index in [0.717, 1.165) is 67.1 Å². The first-order chi connectivity index (χ1) is 20.6. The highest BCUT2D eigenvalue weighted by Gasteiger charge is 2.63. The van der Waals surface area contributed by atoms with E-state index in [0.29, 0.717) is 30.6 Å². The first kappa shape index (κ1) is 29.5. The molecule has 4 aliphatic rings. The molecule has 0 aliphatic heterocycles. The van der Waals surface area contributed by atoms with E-state index in [2.05, 4.69) is 41.3 Å². The maximum absolute atomic E-state index is 12.8. The summed E-state index contributed by atoms with van der Waals surface area (Å²) in [5.74, 6) is 3.45. The molecule has 3 saturated carbocycles. The third kappa shape index (κ3) is 4.96. The molecule has 4 aliphatic carbocycles. The van der Waals surface area contributed by atoms with Gasteiger partial charge in [-0.05, 0) is 92.2 Å². The number of H-pyrrole nitrogens is 1. The molecule has 0 unspecified atom stereocenters. The fraction of sp³-hybridized carbons (Fsp3) is 0.571. The number of hydrogen-bond donors (Lipinski definition) is 3. The highest BCUT2D eigenvalue weighted by molar-refractivity contribution is 5.96. The molecule has 0 spiro atoms. The van der Waals surface area contributed by atoms with Gasteiger partial charge in [-0.2, -0.15) is 0 Å². The number of amides is 1. The zero-order valence-electron chi connectivity index (χ0n) is 25.4. The molecule has 228 valence electrons. The van der Waals surface area contributed by atoms with Gasteiger partial charge in [-0.1, -0.05) is 48.7 Å². The third-order valence-electron chi connectivity index (χ3n) is 11.7. The van der Waals surface area contributed by atoms with Crippen LogP contribution in [0.4, 0.5) is 0 Å². The normalized spacial score (nSPS) is 34.7. The molecule has 0 saturated heterocycles. The number of methoxy groups -OCH3 is 1. The van der Waals surface area contributed by atoms with Gasteiger partial charge in [-0.15, -0.1) is 6.42 Å².